The Hall–Kier alpha value is -2.63. The SMILES string of the molecule is CC(C)n1ccc(C(=O)N2CCc3cccc(C(=O)O)c3C2)n1. The number of fused-ring (bicyclic) bond motifs is 1. The van der Waals surface area contributed by atoms with Gasteiger partial charge in [-0.2, -0.15) is 5.10 Å². The molecule has 0 saturated heterocycles. The molecule has 1 aromatic carbocycles. The molecule has 0 unspecified atom stereocenters. The number of nitrogens with zero attached hydrogens (tertiary/aromatic N) is 3. The van der Waals surface area contributed by atoms with Gasteiger partial charge < -0.3 is 10.0 Å². The van der Waals surface area contributed by atoms with Crippen molar-refractivity contribution >= 4 is 11.9 Å². The van der Waals surface area contributed by atoms with Gasteiger partial charge in [0.2, 0.25) is 0 Å². The summed E-state index contributed by atoms with van der Waals surface area (Å²) in [6, 6.07) is 7.17. The maximum absolute atomic E-state index is 12.6. The number of aromatic nitrogens is 2. The van der Waals surface area contributed by atoms with Crippen LogP contribution in [0.4, 0.5) is 0 Å². The number of carbonyl (C=O) groups is 2. The van der Waals surface area contributed by atoms with E-state index in [4.69, 9.17) is 0 Å². The van der Waals surface area contributed by atoms with Crippen LogP contribution in [0.25, 0.3) is 0 Å². The lowest BCUT2D eigenvalue weighted by molar-refractivity contribution is 0.0676. The van der Waals surface area contributed by atoms with E-state index in [1.165, 1.54) is 0 Å². The summed E-state index contributed by atoms with van der Waals surface area (Å²) in [6.07, 6.45) is 2.45. The third-order valence-corrected chi connectivity index (χ3v) is 4.15. The second-order valence-electron chi connectivity index (χ2n) is 6.00. The average Bonchev–Trinajstić information content (AvgIpc) is 3.03. The third-order valence-electron chi connectivity index (χ3n) is 4.15. The van der Waals surface area contributed by atoms with Gasteiger partial charge in [-0.15, -0.1) is 0 Å². The quantitative estimate of drug-likeness (QED) is 0.944. The number of benzene rings is 1. The molecular formula is C17H19N3O3. The van der Waals surface area contributed by atoms with Gasteiger partial charge in [0.25, 0.3) is 5.91 Å². The highest BCUT2D eigenvalue weighted by Crippen LogP contribution is 2.24. The Labute approximate surface area is 134 Å². The Morgan fingerprint density at radius 3 is 2.70 bits per heavy atom. The van der Waals surface area contributed by atoms with Gasteiger partial charge in [-0.3, -0.25) is 9.48 Å². The molecule has 1 amide bonds. The van der Waals surface area contributed by atoms with Crippen molar-refractivity contribution in [2.45, 2.75) is 32.9 Å². The van der Waals surface area contributed by atoms with E-state index < -0.39 is 5.97 Å². The van der Waals surface area contributed by atoms with Crippen LogP contribution in [0, 0.1) is 0 Å². The fourth-order valence-corrected chi connectivity index (χ4v) is 2.86. The van der Waals surface area contributed by atoms with Gasteiger partial charge in [0.05, 0.1) is 5.56 Å². The summed E-state index contributed by atoms with van der Waals surface area (Å²) in [5.74, 6) is -1.12. The van der Waals surface area contributed by atoms with Gasteiger partial charge in [0.15, 0.2) is 0 Å². The van der Waals surface area contributed by atoms with Gasteiger partial charge in [-0.25, -0.2) is 4.79 Å². The Bertz CT molecular complexity index is 764. The van der Waals surface area contributed by atoms with Crippen molar-refractivity contribution in [3.8, 4) is 0 Å². The minimum Gasteiger partial charge on any atom is -0.478 e. The van der Waals surface area contributed by atoms with Gasteiger partial charge in [0, 0.05) is 25.3 Å². The first kappa shape index (κ1) is 15.3. The van der Waals surface area contributed by atoms with Crippen molar-refractivity contribution in [1.29, 1.82) is 0 Å². The summed E-state index contributed by atoms with van der Waals surface area (Å²) in [5, 5.41) is 13.6. The topological polar surface area (TPSA) is 75.4 Å². The van der Waals surface area contributed by atoms with E-state index in [0.717, 1.165) is 11.1 Å². The lowest BCUT2D eigenvalue weighted by atomic mass is 9.94. The molecule has 0 saturated carbocycles. The number of aromatic carboxylic acids is 1. The Morgan fingerprint density at radius 2 is 2.04 bits per heavy atom. The molecule has 0 radical (unpaired) electrons. The molecule has 120 valence electrons. The van der Waals surface area contributed by atoms with Crippen molar-refractivity contribution in [1.82, 2.24) is 14.7 Å². The van der Waals surface area contributed by atoms with Crippen molar-refractivity contribution in [3.63, 3.8) is 0 Å². The van der Waals surface area contributed by atoms with Gasteiger partial charge in [-0.1, -0.05) is 12.1 Å². The summed E-state index contributed by atoms with van der Waals surface area (Å²) in [6.45, 7) is 4.88. The standard InChI is InChI=1S/C17H19N3O3/c1-11(2)20-9-7-15(18-20)16(21)19-8-6-12-4-3-5-13(17(22)23)14(12)10-19/h3-5,7,9,11H,6,8,10H2,1-2H3,(H,22,23). The second kappa shape index (κ2) is 5.87. The first-order valence-corrected chi connectivity index (χ1v) is 7.66. The first-order valence-electron chi connectivity index (χ1n) is 7.66. The average molecular weight is 313 g/mol. The summed E-state index contributed by atoms with van der Waals surface area (Å²) in [4.78, 5) is 25.7. The molecule has 1 aliphatic rings. The van der Waals surface area contributed by atoms with E-state index in [1.807, 2.05) is 19.9 Å². The zero-order chi connectivity index (χ0) is 16.6. The molecule has 1 aromatic heterocycles. The van der Waals surface area contributed by atoms with Crippen LogP contribution in [0.2, 0.25) is 0 Å². The van der Waals surface area contributed by atoms with Crippen LogP contribution in [0.5, 0.6) is 0 Å². The fourth-order valence-electron chi connectivity index (χ4n) is 2.86. The van der Waals surface area contributed by atoms with Gasteiger partial charge in [0.1, 0.15) is 5.69 Å². The number of rotatable bonds is 3. The van der Waals surface area contributed by atoms with Crippen LogP contribution < -0.4 is 0 Å². The summed E-state index contributed by atoms with van der Waals surface area (Å²) < 4.78 is 1.74. The van der Waals surface area contributed by atoms with Crippen LogP contribution in [0.1, 0.15) is 51.9 Å². The smallest absolute Gasteiger partial charge is 0.336 e. The van der Waals surface area contributed by atoms with E-state index in [2.05, 4.69) is 5.10 Å². The predicted molar refractivity (Wildman–Crippen MR) is 84.5 cm³/mol. The summed E-state index contributed by atoms with van der Waals surface area (Å²) in [5.41, 5.74) is 2.40. The molecule has 3 rings (SSSR count). The molecular weight excluding hydrogens is 294 g/mol. The summed E-state index contributed by atoms with van der Waals surface area (Å²) in [7, 11) is 0. The maximum Gasteiger partial charge on any atom is 0.336 e. The zero-order valence-corrected chi connectivity index (χ0v) is 13.2. The Kier molecular flexibility index (Phi) is 3.90. The normalized spacial score (nSPS) is 14.0. The zero-order valence-electron chi connectivity index (χ0n) is 13.2. The molecule has 1 aliphatic heterocycles. The van der Waals surface area contributed by atoms with Crippen LogP contribution in [-0.4, -0.2) is 38.2 Å². The maximum atomic E-state index is 12.6. The fraction of sp³-hybridized carbons (Fsp3) is 0.353. The largest absolute Gasteiger partial charge is 0.478 e. The lowest BCUT2D eigenvalue weighted by Crippen LogP contribution is -2.37. The highest BCUT2D eigenvalue weighted by molar-refractivity contribution is 5.93. The van der Waals surface area contributed by atoms with E-state index in [9.17, 15) is 14.7 Å². The minimum atomic E-state index is -0.958. The number of amides is 1. The summed E-state index contributed by atoms with van der Waals surface area (Å²) >= 11 is 0. The van der Waals surface area contributed by atoms with E-state index >= 15 is 0 Å². The molecule has 6 nitrogen and oxygen atoms in total. The molecule has 0 spiro atoms. The minimum absolute atomic E-state index is 0.157. The molecule has 0 fully saturated rings. The van der Waals surface area contributed by atoms with Crippen molar-refractivity contribution in [3.05, 3.63) is 52.8 Å². The molecule has 6 heteroatoms. The Balaban J connectivity index is 1.86. The molecule has 0 aliphatic carbocycles. The van der Waals surface area contributed by atoms with Crippen LogP contribution in [0.3, 0.4) is 0 Å². The highest BCUT2D eigenvalue weighted by Gasteiger charge is 2.26. The van der Waals surface area contributed by atoms with Crippen LogP contribution >= 0.6 is 0 Å². The van der Waals surface area contributed by atoms with E-state index in [1.54, 1.807) is 34.0 Å². The lowest BCUT2D eigenvalue weighted by Gasteiger charge is -2.29. The Morgan fingerprint density at radius 1 is 1.26 bits per heavy atom. The molecule has 0 atom stereocenters. The first-order chi connectivity index (χ1) is 11.0. The monoisotopic (exact) mass is 313 g/mol. The third kappa shape index (κ3) is 2.84. The van der Waals surface area contributed by atoms with Gasteiger partial charge in [-0.05, 0) is 43.5 Å². The molecule has 2 aromatic rings. The number of hydrogen-bond acceptors (Lipinski definition) is 3. The molecule has 1 N–H and O–H groups in total. The molecule has 0 bridgehead atoms. The van der Waals surface area contributed by atoms with Crippen molar-refractivity contribution in [2.24, 2.45) is 0 Å². The van der Waals surface area contributed by atoms with Gasteiger partial charge >= 0.3 is 5.97 Å². The number of carbonyl (C=O) groups excluding carboxylic acids is 1. The van der Waals surface area contributed by atoms with E-state index in [-0.39, 0.29) is 17.5 Å². The number of carboxylic acid groups (broad SMARTS) is 1. The molecule has 2 heterocycles. The number of carboxylic acids is 1. The number of hydrogen-bond donors (Lipinski definition) is 1. The highest BCUT2D eigenvalue weighted by atomic mass is 16.4. The second-order valence-corrected chi connectivity index (χ2v) is 6.00. The predicted octanol–water partition coefficient (Wildman–Crippen LogP) is 2.36. The van der Waals surface area contributed by atoms with Crippen molar-refractivity contribution < 1.29 is 14.7 Å². The van der Waals surface area contributed by atoms with E-state index in [0.29, 0.717) is 25.2 Å². The van der Waals surface area contributed by atoms with Crippen molar-refractivity contribution in [2.75, 3.05) is 6.54 Å². The molecule has 23 heavy (non-hydrogen) atoms. The van der Waals surface area contributed by atoms with Crippen LogP contribution in [0.15, 0.2) is 30.5 Å². The van der Waals surface area contributed by atoms with Crippen LogP contribution in [-0.2, 0) is 13.0 Å².